The van der Waals surface area contributed by atoms with Gasteiger partial charge in [0, 0.05) is 13.1 Å². The Kier molecular flexibility index (Phi) is 6.45. The van der Waals surface area contributed by atoms with Crippen LogP contribution >= 0.6 is 0 Å². The lowest BCUT2D eigenvalue weighted by Crippen LogP contribution is -2.56. The van der Waals surface area contributed by atoms with Gasteiger partial charge < -0.3 is 15.2 Å². The number of carbonyl (C=O) groups excluding carboxylic acids is 2. The van der Waals surface area contributed by atoms with Crippen molar-refractivity contribution in [3.05, 3.63) is 34.6 Å². The molecule has 1 aromatic carbocycles. The number of hydrazine groups is 1. The van der Waals surface area contributed by atoms with Crippen LogP contribution in [0, 0.1) is 29.1 Å². The Morgan fingerprint density at radius 2 is 1.50 bits per heavy atom. The van der Waals surface area contributed by atoms with Crippen LogP contribution in [0.1, 0.15) is 10.4 Å². The number of hydrogen-bond donors (Lipinski definition) is 3. The third-order valence-electron chi connectivity index (χ3n) is 3.52. The lowest BCUT2D eigenvalue weighted by atomic mass is 10.1. The summed E-state index contributed by atoms with van der Waals surface area (Å²) in [5.41, 5.74) is 0.581. The quantitative estimate of drug-likeness (QED) is 0.373. The zero-order valence-corrected chi connectivity index (χ0v) is 13.1. The molecule has 1 aromatic rings. The van der Waals surface area contributed by atoms with Gasteiger partial charge in [-0.25, -0.2) is 27.0 Å². The van der Waals surface area contributed by atoms with Crippen molar-refractivity contribution in [3.8, 4) is 0 Å². The Labute approximate surface area is 143 Å². The number of nitrogens with zero attached hydrogens (tertiary/aromatic N) is 1. The lowest BCUT2D eigenvalue weighted by molar-refractivity contribution is -0.130. The molecular weight excluding hydrogens is 369 g/mol. The molecule has 3 N–H and O–H groups in total. The highest BCUT2D eigenvalue weighted by Gasteiger charge is 2.32. The minimum Gasteiger partial charge on any atom is -0.394 e. The second-order valence-corrected chi connectivity index (χ2v) is 5.23. The van der Waals surface area contributed by atoms with Gasteiger partial charge in [0.25, 0.3) is 11.8 Å². The van der Waals surface area contributed by atoms with Crippen LogP contribution < -0.4 is 10.7 Å². The molecule has 1 aliphatic heterocycles. The number of halogens is 5. The van der Waals surface area contributed by atoms with Gasteiger partial charge in [-0.05, 0) is 0 Å². The maximum Gasteiger partial charge on any atom is 0.259 e. The molecule has 0 saturated carbocycles. The number of rotatable bonds is 5. The van der Waals surface area contributed by atoms with E-state index in [9.17, 15) is 36.6 Å². The predicted molar refractivity (Wildman–Crippen MR) is 75.1 cm³/mol. The van der Waals surface area contributed by atoms with E-state index in [4.69, 9.17) is 4.74 Å². The largest absolute Gasteiger partial charge is 0.394 e. The Bertz CT molecular complexity index is 683. The number of benzene rings is 1. The number of hydrogen-bond acceptors (Lipinski definition) is 5. The molecular formula is C14H14F5N3O4. The number of ether oxygens (including phenoxy) is 1. The van der Waals surface area contributed by atoms with Gasteiger partial charge in [-0.2, -0.15) is 0 Å². The van der Waals surface area contributed by atoms with Crippen molar-refractivity contribution in [1.29, 1.82) is 0 Å². The first-order valence-corrected chi connectivity index (χ1v) is 7.34. The van der Waals surface area contributed by atoms with E-state index in [1.807, 2.05) is 0 Å². The fourth-order valence-electron chi connectivity index (χ4n) is 2.14. The molecule has 2 amide bonds. The Hall–Kier alpha value is -2.31. The highest BCUT2D eigenvalue weighted by molar-refractivity contribution is 5.98. The molecule has 1 heterocycles. The molecule has 0 unspecified atom stereocenters. The summed E-state index contributed by atoms with van der Waals surface area (Å²) in [4.78, 5) is 23.9. The van der Waals surface area contributed by atoms with Crippen LogP contribution in [0.4, 0.5) is 22.0 Å². The number of aliphatic hydroxyl groups is 1. The van der Waals surface area contributed by atoms with Crippen LogP contribution in [0.25, 0.3) is 0 Å². The molecule has 1 atom stereocenters. The van der Waals surface area contributed by atoms with Crippen LogP contribution in [0.5, 0.6) is 0 Å². The Balaban J connectivity index is 2.15. The fourth-order valence-corrected chi connectivity index (χ4v) is 2.14. The van der Waals surface area contributed by atoms with Crippen molar-refractivity contribution in [2.45, 2.75) is 6.04 Å². The van der Waals surface area contributed by atoms with E-state index in [0.29, 0.717) is 26.3 Å². The maximum absolute atomic E-state index is 13.6. The summed E-state index contributed by atoms with van der Waals surface area (Å²) in [6.07, 6.45) is 0. The lowest BCUT2D eigenvalue weighted by Gasteiger charge is -2.28. The summed E-state index contributed by atoms with van der Waals surface area (Å²) < 4.78 is 71.6. The second kappa shape index (κ2) is 8.38. The first kappa shape index (κ1) is 20.0. The molecule has 0 aliphatic carbocycles. The van der Waals surface area contributed by atoms with E-state index >= 15 is 0 Å². The Morgan fingerprint density at radius 3 is 2.00 bits per heavy atom. The minimum absolute atomic E-state index is 0.315. The molecule has 7 nitrogen and oxygen atoms in total. The van der Waals surface area contributed by atoms with E-state index in [1.54, 1.807) is 5.32 Å². The topological polar surface area (TPSA) is 90.9 Å². The van der Waals surface area contributed by atoms with Gasteiger partial charge >= 0.3 is 0 Å². The van der Waals surface area contributed by atoms with Gasteiger partial charge in [0.05, 0.1) is 19.8 Å². The smallest absolute Gasteiger partial charge is 0.259 e. The second-order valence-electron chi connectivity index (χ2n) is 5.23. The monoisotopic (exact) mass is 383 g/mol. The van der Waals surface area contributed by atoms with Gasteiger partial charge in [-0.3, -0.25) is 15.0 Å². The standard InChI is InChI=1S/C14H14F5N3O4/c15-8-7(9(16)11(18)12(19)10(8)17)14(25)20-6(5-23)13(24)21-22-1-3-26-4-2-22/h6,23H,1-5H2,(H,20,25)(H,21,24)/t6-/m0/s1. The van der Waals surface area contributed by atoms with Gasteiger partial charge in [0.15, 0.2) is 23.3 Å². The molecule has 144 valence electrons. The molecule has 1 saturated heterocycles. The predicted octanol–water partition coefficient (Wildman–Crippen LogP) is -0.164. The summed E-state index contributed by atoms with van der Waals surface area (Å²) >= 11 is 0. The van der Waals surface area contributed by atoms with Gasteiger partial charge in [0.1, 0.15) is 11.6 Å². The van der Waals surface area contributed by atoms with Crippen molar-refractivity contribution in [2.75, 3.05) is 32.9 Å². The molecule has 0 bridgehead atoms. The van der Waals surface area contributed by atoms with Gasteiger partial charge in [-0.15, -0.1) is 0 Å². The van der Waals surface area contributed by atoms with Crippen LogP contribution in [0.2, 0.25) is 0 Å². The van der Waals surface area contributed by atoms with Gasteiger partial charge in [0.2, 0.25) is 5.82 Å². The molecule has 12 heteroatoms. The number of morpholine rings is 1. The number of carbonyl (C=O) groups is 2. The number of amides is 2. The van der Waals surface area contributed by atoms with Crippen molar-refractivity contribution < 1.29 is 41.4 Å². The first-order valence-electron chi connectivity index (χ1n) is 7.34. The third-order valence-corrected chi connectivity index (χ3v) is 3.52. The SMILES string of the molecule is O=C(N[C@@H](CO)C(=O)NN1CCOCC1)c1c(F)c(F)c(F)c(F)c1F. The van der Waals surface area contributed by atoms with Crippen LogP contribution in [0.3, 0.4) is 0 Å². The van der Waals surface area contributed by atoms with E-state index in [2.05, 4.69) is 5.43 Å². The van der Waals surface area contributed by atoms with Gasteiger partial charge in [-0.1, -0.05) is 0 Å². The van der Waals surface area contributed by atoms with Crippen LogP contribution in [-0.4, -0.2) is 60.9 Å². The first-order chi connectivity index (χ1) is 12.3. The fraction of sp³-hybridized carbons (Fsp3) is 0.429. The van der Waals surface area contributed by atoms with Crippen molar-refractivity contribution >= 4 is 11.8 Å². The zero-order chi connectivity index (χ0) is 19.4. The normalized spacial score (nSPS) is 16.2. The van der Waals surface area contributed by atoms with Crippen molar-refractivity contribution in [3.63, 3.8) is 0 Å². The van der Waals surface area contributed by atoms with Crippen LogP contribution in [-0.2, 0) is 9.53 Å². The van der Waals surface area contributed by atoms with E-state index in [-0.39, 0.29) is 0 Å². The highest BCUT2D eigenvalue weighted by atomic mass is 19.2. The average Bonchev–Trinajstić information content (AvgIpc) is 2.63. The van der Waals surface area contributed by atoms with Crippen molar-refractivity contribution in [1.82, 2.24) is 15.8 Å². The van der Waals surface area contributed by atoms with Crippen LogP contribution in [0.15, 0.2) is 0 Å². The van der Waals surface area contributed by atoms with E-state index in [1.165, 1.54) is 5.01 Å². The summed E-state index contributed by atoms with van der Waals surface area (Å²) in [5.74, 6) is -14.4. The molecule has 2 rings (SSSR count). The average molecular weight is 383 g/mol. The summed E-state index contributed by atoms with van der Waals surface area (Å²) in [7, 11) is 0. The zero-order valence-electron chi connectivity index (χ0n) is 13.1. The molecule has 1 fully saturated rings. The Morgan fingerprint density at radius 1 is 1.00 bits per heavy atom. The number of aliphatic hydroxyl groups excluding tert-OH is 1. The molecule has 1 aliphatic rings. The number of nitrogens with one attached hydrogen (secondary N) is 2. The summed E-state index contributed by atoms with van der Waals surface area (Å²) in [6, 6.07) is -1.68. The van der Waals surface area contributed by atoms with Crippen molar-refractivity contribution in [2.24, 2.45) is 0 Å². The van der Waals surface area contributed by atoms with E-state index < -0.39 is 59.1 Å². The third kappa shape index (κ3) is 4.08. The summed E-state index contributed by atoms with van der Waals surface area (Å²) in [6.45, 7) is 0.296. The molecule has 0 aromatic heterocycles. The summed E-state index contributed by atoms with van der Waals surface area (Å²) in [5, 5.41) is 12.3. The molecule has 0 radical (unpaired) electrons. The molecule has 0 spiro atoms. The maximum atomic E-state index is 13.6. The molecule has 26 heavy (non-hydrogen) atoms. The van der Waals surface area contributed by atoms with E-state index in [0.717, 1.165) is 0 Å². The minimum atomic E-state index is -2.42. The highest BCUT2D eigenvalue weighted by Crippen LogP contribution is 2.23.